The number of ether oxygens (including phenoxy) is 1. The van der Waals surface area contributed by atoms with E-state index in [1.54, 1.807) is 0 Å². The van der Waals surface area contributed by atoms with Gasteiger partial charge in [0, 0.05) is 6.54 Å². The van der Waals surface area contributed by atoms with Crippen molar-refractivity contribution in [3.63, 3.8) is 0 Å². The van der Waals surface area contributed by atoms with Crippen molar-refractivity contribution < 1.29 is 9.84 Å². The standard InChI is InChI=1S/C16H25NO2/c1-12-4-6-15(7-5-12)19-11-14(18)10-17-9-13-8-16(13,2)3/h4-7,13-14,17-18H,8-11H2,1-3H3. The molecular weight excluding hydrogens is 238 g/mol. The highest BCUT2D eigenvalue weighted by Gasteiger charge is 2.44. The van der Waals surface area contributed by atoms with Gasteiger partial charge >= 0.3 is 0 Å². The molecule has 0 radical (unpaired) electrons. The van der Waals surface area contributed by atoms with E-state index in [4.69, 9.17) is 4.74 Å². The summed E-state index contributed by atoms with van der Waals surface area (Å²) in [4.78, 5) is 0. The Balaban J connectivity index is 1.59. The van der Waals surface area contributed by atoms with Crippen LogP contribution in [0.15, 0.2) is 24.3 Å². The molecule has 0 bridgehead atoms. The van der Waals surface area contributed by atoms with Crippen LogP contribution < -0.4 is 10.1 Å². The van der Waals surface area contributed by atoms with E-state index in [0.717, 1.165) is 18.2 Å². The van der Waals surface area contributed by atoms with Gasteiger partial charge in [0.2, 0.25) is 0 Å². The molecule has 1 aromatic carbocycles. The Labute approximate surface area is 116 Å². The number of aryl methyl sites for hydroxylation is 1. The topological polar surface area (TPSA) is 41.5 Å². The molecule has 3 nitrogen and oxygen atoms in total. The molecular formula is C16H25NO2. The molecule has 1 aliphatic rings. The minimum Gasteiger partial charge on any atom is -0.491 e. The highest BCUT2D eigenvalue weighted by molar-refractivity contribution is 5.26. The first-order valence-corrected chi connectivity index (χ1v) is 7.05. The SMILES string of the molecule is Cc1ccc(OCC(O)CNCC2CC2(C)C)cc1. The van der Waals surface area contributed by atoms with E-state index in [9.17, 15) is 5.11 Å². The second kappa shape index (κ2) is 5.93. The minimum absolute atomic E-state index is 0.337. The van der Waals surface area contributed by atoms with Crippen LogP contribution in [0.5, 0.6) is 5.75 Å². The largest absolute Gasteiger partial charge is 0.491 e. The number of aliphatic hydroxyl groups excluding tert-OH is 1. The number of hydrogen-bond acceptors (Lipinski definition) is 3. The Bertz CT molecular complexity index is 400. The van der Waals surface area contributed by atoms with Crippen molar-refractivity contribution in [2.75, 3.05) is 19.7 Å². The molecule has 0 heterocycles. The molecule has 0 saturated heterocycles. The van der Waals surface area contributed by atoms with Gasteiger partial charge in [-0.05, 0) is 43.4 Å². The molecule has 2 N–H and O–H groups in total. The van der Waals surface area contributed by atoms with E-state index in [2.05, 4.69) is 19.2 Å². The lowest BCUT2D eigenvalue weighted by molar-refractivity contribution is 0.106. The first-order chi connectivity index (χ1) is 8.97. The van der Waals surface area contributed by atoms with Crippen LogP contribution in [-0.2, 0) is 0 Å². The van der Waals surface area contributed by atoms with Crippen molar-refractivity contribution in [3.8, 4) is 5.75 Å². The van der Waals surface area contributed by atoms with Gasteiger partial charge in [0.25, 0.3) is 0 Å². The van der Waals surface area contributed by atoms with E-state index < -0.39 is 6.10 Å². The van der Waals surface area contributed by atoms with Crippen molar-refractivity contribution >= 4 is 0 Å². The highest BCUT2D eigenvalue weighted by Crippen LogP contribution is 2.50. The van der Waals surface area contributed by atoms with Crippen molar-refractivity contribution in [3.05, 3.63) is 29.8 Å². The molecule has 0 amide bonds. The fourth-order valence-corrected chi connectivity index (χ4v) is 2.23. The molecule has 106 valence electrons. The Morgan fingerprint density at radius 1 is 1.37 bits per heavy atom. The summed E-state index contributed by atoms with van der Waals surface area (Å²) in [7, 11) is 0. The number of hydrogen-bond donors (Lipinski definition) is 2. The van der Waals surface area contributed by atoms with Crippen LogP contribution in [-0.4, -0.2) is 30.9 Å². The average molecular weight is 263 g/mol. The molecule has 0 aliphatic heterocycles. The van der Waals surface area contributed by atoms with Gasteiger partial charge < -0.3 is 15.2 Å². The van der Waals surface area contributed by atoms with Gasteiger partial charge in [-0.1, -0.05) is 31.5 Å². The first-order valence-electron chi connectivity index (χ1n) is 7.05. The Hall–Kier alpha value is -1.06. The molecule has 2 rings (SSSR count). The van der Waals surface area contributed by atoms with Gasteiger partial charge in [-0.15, -0.1) is 0 Å². The smallest absolute Gasteiger partial charge is 0.119 e. The minimum atomic E-state index is -0.455. The van der Waals surface area contributed by atoms with E-state index in [0.29, 0.717) is 18.6 Å². The predicted octanol–water partition coefficient (Wildman–Crippen LogP) is 2.37. The summed E-state index contributed by atoms with van der Waals surface area (Å²) < 4.78 is 5.55. The van der Waals surface area contributed by atoms with Crippen LogP contribution in [0.3, 0.4) is 0 Å². The van der Waals surface area contributed by atoms with Crippen LogP contribution in [0.4, 0.5) is 0 Å². The molecule has 1 saturated carbocycles. The van der Waals surface area contributed by atoms with Crippen LogP contribution >= 0.6 is 0 Å². The maximum absolute atomic E-state index is 9.84. The second-order valence-corrected chi connectivity index (χ2v) is 6.33. The molecule has 0 spiro atoms. The number of aliphatic hydroxyl groups is 1. The Kier molecular flexibility index (Phi) is 4.48. The fraction of sp³-hybridized carbons (Fsp3) is 0.625. The van der Waals surface area contributed by atoms with Crippen LogP contribution in [0.1, 0.15) is 25.8 Å². The van der Waals surface area contributed by atoms with Crippen molar-refractivity contribution in [2.24, 2.45) is 11.3 Å². The summed E-state index contributed by atoms with van der Waals surface area (Å²) >= 11 is 0. The van der Waals surface area contributed by atoms with Crippen molar-refractivity contribution in [2.45, 2.75) is 33.3 Å². The average Bonchev–Trinajstić information content (AvgIpc) is 2.96. The zero-order valence-corrected chi connectivity index (χ0v) is 12.1. The van der Waals surface area contributed by atoms with Gasteiger partial charge in [0.1, 0.15) is 18.5 Å². The highest BCUT2D eigenvalue weighted by atomic mass is 16.5. The zero-order chi connectivity index (χ0) is 13.9. The number of nitrogens with one attached hydrogen (secondary N) is 1. The normalized spacial score (nSPS) is 22.0. The maximum Gasteiger partial charge on any atom is 0.119 e. The molecule has 1 aliphatic carbocycles. The van der Waals surface area contributed by atoms with Gasteiger partial charge in [0.15, 0.2) is 0 Å². The van der Waals surface area contributed by atoms with Crippen LogP contribution in [0.25, 0.3) is 0 Å². The van der Waals surface area contributed by atoms with Gasteiger partial charge in [0.05, 0.1) is 0 Å². The van der Waals surface area contributed by atoms with Crippen LogP contribution in [0.2, 0.25) is 0 Å². The summed E-state index contributed by atoms with van der Waals surface area (Å²) in [6.07, 6.45) is 0.832. The molecule has 3 heteroatoms. The molecule has 1 aromatic rings. The fourth-order valence-electron chi connectivity index (χ4n) is 2.23. The quantitative estimate of drug-likeness (QED) is 0.793. The lowest BCUT2D eigenvalue weighted by Gasteiger charge is -2.13. The van der Waals surface area contributed by atoms with E-state index >= 15 is 0 Å². The molecule has 2 atom stereocenters. The first kappa shape index (κ1) is 14.4. The Morgan fingerprint density at radius 3 is 2.58 bits per heavy atom. The molecule has 1 fully saturated rings. The third-order valence-corrected chi connectivity index (χ3v) is 3.95. The van der Waals surface area contributed by atoms with Crippen molar-refractivity contribution in [1.82, 2.24) is 5.32 Å². The molecule has 2 unspecified atom stereocenters. The Morgan fingerprint density at radius 2 is 2.00 bits per heavy atom. The van der Waals surface area contributed by atoms with E-state index in [-0.39, 0.29) is 0 Å². The third kappa shape index (κ3) is 4.51. The van der Waals surface area contributed by atoms with Crippen molar-refractivity contribution in [1.29, 1.82) is 0 Å². The summed E-state index contributed by atoms with van der Waals surface area (Å²) in [6.45, 7) is 8.55. The van der Waals surface area contributed by atoms with E-state index in [1.807, 2.05) is 31.2 Å². The molecule has 19 heavy (non-hydrogen) atoms. The number of rotatable bonds is 7. The molecule has 0 aromatic heterocycles. The summed E-state index contributed by atoms with van der Waals surface area (Å²) in [5, 5.41) is 13.2. The summed E-state index contributed by atoms with van der Waals surface area (Å²) in [5.74, 6) is 1.57. The second-order valence-electron chi connectivity index (χ2n) is 6.33. The monoisotopic (exact) mass is 263 g/mol. The lowest BCUT2D eigenvalue weighted by Crippen LogP contribution is -2.33. The summed E-state index contributed by atoms with van der Waals surface area (Å²) in [6, 6.07) is 7.88. The van der Waals surface area contributed by atoms with E-state index in [1.165, 1.54) is 12.0 Å². The van der Waals surface area contributed by atoms with Gasteiger partial charge in [-0.2, -0.15) is 0 Å². The zero-order valence-electron chi connectivity index (χ0n) is 12.1. The third-order valence-electron chi connectivity index (χ3n) is 3.95. The lowest BCUT2D eigenvalue weighted by atomic mass is 10.1. The van der Waals surface area contributed by atoms with Gasteiger partial charge in [-0.3, -0.25) is 0 Å². The summed E-state index contributed by atoms with van der Waals surface area (Å²) in [5.41, 5.74) is 1.71. The number of benzene rings is 1. The van der Waals surface area contributed by atoms with Gasteiger partial charge in [-0.25, -0.2) is 0 Å². The predicted molar refractivity (Wildman–Crippen MR) is 77.4 cm³/mol. The van der Waals surface area contributed by atoms with Crippen LogP contribution in [0, 0.1) is 18.3 Å². The maximum atomic E-state index is 9.84.